The van der Waals surface area contributed by atoms with Gasteiger partial charge in [-0.25, -0.2) is 13.8 Å². The summed E-state index contributed by atoms with van der Waals surface area (Å²) >= 11 is 1.08. The lowest BCUT2D eigenvalue weighted by molar-refractivity contribution is -0.113. The maximum atomic E-state index is 13.7. The molecule has 0 atom stereocenters. The number of carbonyl (C=O) groups is 1. The molecule has 3 rings (SSSR count). The standard InChI is InChI=1S/C19H21F2N5O2S/c1-11(2)6-7-26-18(28)17-15(9-25(3)24-17)23-19(26)29-10-16(27)22-14-5-4-12(20)8-13(14)21/h4-5,8-9,11H,6-7,10H2,1-3H3,(H,22,27). The minimum Gasteiger partial charge on any atom is -0.323 e. The summed E-state index contributed by atoms with van der Waals surface area (Å²) in [4.78, 5) is 29.5. The molecular formula is C19H21F2N5O2S. The van der Waals surface area contributed by atoms with Gasteiger partial charge >= 0.3 is 0 Å². The monoisotopic (exact) mass is 421 g/mol. The Hall–Kier alpha value is -2.75. The van der Waals surface area contributed by atoms with Crippen LogP contribution < -0.4 is 10.9 Å². The van der Waals surface area contributed by atoms with Gasteiger partial charge < -0.3 is 5.32 Å². The molecule has 0 aliphatic rings. The number of hydrogen-bond donors (Lipinski definition) is 1. The predicted molar refractivity (Wildman–Crippen MR) is 108 cm³/mol. The molecule has 0 fully saturated rings. The first-order valence-corrected chi connectivity index (χ1v) is 10.0. The van der Waals surface area contributed by atoms with Crippen molar-refractivity contribution >= 4 is 34.4 Å². The summed E-state index contributed by atoms with van der Waals surface area (Å²) in [6.45, 7) is 4.55. The van der Waals surface area contributed by atoms with E-state index < -0.39 is 17.5 Å². The highest BCUT2D eigenvalue weighted by atomic mass is 32.2. The average Bonchev–Trinajstić information content (AvgIpc) is 3.02. The van der Waals surface area contributed by atoms with Crippen molar-refractivity contribution in [1.82, 2.24) is 19.3 Å². The molecule has 0 aliphatic carbocycles. The van der Waals surface area contributed by atoms with Crippen molar-refractivity contribution in [3.63, 3.8) is 0 Å². The molecule has 3 aromatic rings. The van der Waals surface area contributed by atoms with Crippen LogP contribution in [0, 0.1) is 17.6 Å². The van der Waals surface area contributed by atoms with Crippen molar-refractivity contribution in [2.24, 2.45) is 13.0 Å². The van der Waals surface area contributed by atoms with E-state index in [1.54, 1.807) is 13.2 Å². The van der Waals surface area contributed by atoms with Crippen LogP contribution in [0.4, 0.5) is 14.5 Å². The maximum absolute atomic E-state index is 13.7. The number of aromatic nitrogens is 4. The van der Waals surface area contributed by atoms with Gasteiger partial charge in [-0.05, 0) is 24.5 Å². The number of thioether (sulfide) groups is 1. The van der Waals surface area contributed by atoms with Crippen LogP contribution >= 0.6 is 11.8 Å². The molecule has 10 heteroatoms. The molecule has 7 nitrogen and oxygen atoms in total. The number of nitrogens with zero attached hydrogens (tertiary/aromatic N) is 4. The molecule has 0 bridgehead atoms. The molecular weight excluding hydrogens is 400 g/mol. The zero-order chi connectivity index (χ0) is 21.1. The Balaban J connectivity index is 1.81. The first-order chi connectivity index (χ1) is 13.7. The summed E-state index contributed by atoms with van der Waals surface area (Å²) in [6.07, 6.45) is 2.40. The van der Waals surface area contributed by atoms with Gasteiger partial charge in [0.25, 0.3) is 5.56 Å². The Morgan fingerprint density at radius 1 is 1.31 bits per heavy atom. The van der Waals surface area contributed by atoms with Crippen LogP contribution in [0.15, 0.2) is 34.3 Å². The smallest absolute Gasteiger partial charge is 0.282 e. The number of benzene rings is 1. The number of amides is 1. The highest BCUT2D eigenvalue weighted by molar-refractivity contribution is 7.99. The van der Waals surface area contributed by atoms with E-state index in [4.69, 9.17) is 0 Å². The van der Waals surface area contributed by atoms with Crippen molar-refractivity contribution in [1.29, 1.82) is 0 Å². The lowest BCUT2D eigenvalue weighted by Gasteiger charge is -2.13. The van der Waals surface area contributed by atoms with E-state index in [0.29, 0.717) is 29.2 Å². The van der Waals surface area contributed by atoms with E-state index in [2.05, 4.69) is 29.2 Å². The summed E-state index contributed by atoms with van der Waals surface area (Å²) < 4.78 is 29.7. The lowest BCUT2D eigenvalue weighted by Crippen LogP contribution is -2.25. The number of nitrogens with one attached hydrogen (secondary N) is 1. The number of anilines is 1. The fraction of sp³-hybridized carbons (Fsp3) is 0.368. The molecule has 0 unspecified atom stereocenters. The highest BCUT2D eigenvalue weighted by Gasteiger charge is 2.16. The third kappa shape index (κ3) is 5.00. The molecule has 2 heterocycles. The summed E-state index contributed by atoms with van der Waals surface area (Å²) in [7, 11) is 1.71. The Bertz CT molecular complexity index is 1110. The van der Waals surface area contributed by atoms with Crippen LogP contribution in [0.2, 0.25) is 0 Å². The Kier molecular flexibility index (Phi) is 6.31. The van der Waals surface area contributed by atoms with Crippen molar-refractivity contribution in [2.75, 3.05) is 11.1 Å². The summed E-state index contributed by atoms with van der Waals surface area (Å²) in [6, 6.07) is 2.92. The number of rotatable bonds is 7. The van der Waals surface area contributed by atoms with Gasteiger partial charge in [-0.15, -0.1) is 0 Å². The Morgan fingerprint density at radius 3 is 2.76 bits per heavy atom. The molecule has 0 spiro atoms. The normalized spacial score (nSPS) is 11.4. The van der Waals surface area contributed by atoms with E-state index in [9.17, 15) is 18.4 Å². The minimum atomic E-state index is -0.855. The van der Waals surface area contributed by atoms with Gasteiger partial charge in [-0.3, -0.25) is 18.8 Å². The first-order valence-electron chi connectivity index (χ1n) is 9.06. The topological polar surface area (TPSA) is 81.8 Å². The summed E-state index contributed by atoms with van der Waals surface area (Å²) in [5.41, 5.74) is 0.359. The number of carbonyl (C=O) groups excluding carboxylic acids is 1. The molecule has 0 radical (unpaired) electrons. The summed E-state index contributed by atoms with van der Waals surface area (Å²) in [5, 5.41) is 6.96. The van der Waals surface area contributed by atoms with E-state index in [1.165, 1.54) is 9.25 Å². The Labute approximate surface area is 170 Å². The molecule has 29 heavy (non-hydrogen) atoms. The second-order valence-corrected chi connectivity index (χ2v) is 7.97. The van der Waals surface area contributed by atoms with Gasteiger partial charge in [-0.1, -0.05) is 25.6 Å². The fourth-order valence-corrected chi connectivity index (χ4v) is 3.52. The van der Waals surface area contributed by atoms with Crippen LogP contribution in [0.25, 0.3) is 11.0 Å². The minimum absolute atomic E-state index is 0.0866. The zero-order valence-corrected chi connectivity index (χ0v) is 17.1. The third-order valence-corrected chi connectivity index (χ3v) is 5.15. The van der Waals surface area contributed by atoms with E-state index in [-0.39, 0.29) is 22.5 Å². The van der Waals surface area contributed by atoms with Crippen molar-refractivity contribution in [3.8, 4) is 0 Å². The molecule has 0 saturated heterocycles. The molecule has 2 aromatic heterocycles. The number of hydrogen-bond acceptors (Lipinski definition) is 5. The number of halogens is 2. The number of aryl methyl sites for hydroxylation is 1. The van der Waals surface area contributed by atoms with Gasteiger partial charge in [-0.2, -0.15) is 5.10 Å². The molecule has 1 N–H and O–H groups in total. The SMILES string of the molecule is CC(C)CCn1c(SCC(=O)Nc2ccc(F)cc2F)nc2cn(C)nc2c1=O. The van der Waals surface area contributed by atoms with Crippen molar-refractivity contribution < 1.29 is 13.6 Å². The molecule has 1 aromatic carbocycles. The number of fused-ring (bicyclic) bond motifs is 1. The van der Waals surface area contributed by atoms with Gasteiger partial charge in [0.1, 0.15) is 17.2 Å². The van der Waals surface area contributed by atoms with Crippen LogP contribution in [0.3, 0.4) is 0 Å². The zero-order valence-electron chi connectivity index (χ0n) is 16.3. The maximum Gasteiger partial charge on any atom is 0.282 e. The second kappa shape index (κ2) is 8.73. The molecule has 0 aliphatic heterocycles. The first kappa shape index (κ1) is 21.0. The Morgan fingerprint density at radius 2 is 2.07 bits per heavy atom. The van der Waals surface area contributed by atoms with Crippen LogP contribution in [0.5, 0.6) is 0 Å². The highest BCUT2D eigenvalue weighted by Crippen LogP contribution is 2.20. The van der Waals surface area contributed by atoms with E-state index in [0.717, 1.165) is 30.3 Å². The van der Waals surface area contributed by atoms with E-state index in [1.807, 2.05) is 0 Å². The molecule has 154 valence electrons. The predicted octanol–water partition coefficient (Wildman–Crippen LogP) is 3.19. The quantitative estimate of drug-likeness (QED) is 0.468. The molecule has 0 saturated carbocycles. The van der Waals surface area contributed by atoms with Gasteiger partial charge in [0.05, 0.1) is 17.6 Å². The van der Waals surface area contributed by atoms with Gasteiger partial charge in [0.15, 0.2) is 10.7 Å². The van der Waals surface area contributed by atoms with Crippen LogP contribution in [-0.4, -0.2) is 31.0 Å². The molecule has 1 amide bonds. The third-order valence-electron chi connectivity index (χ3n) is 4.17. The van der Waals surface area contributed by atoms with Crippen LogP contribution in [0.1, 0.15) is 20.3 Å². The van der Waals surface area contributed by atoms with Crippen molar-refractivity contribution in [3.05, 3.63) is 46.4 Å². The second-order valence-electron chi connectivity index (χ2n) is 7.03. The van der Waals surface area contributed by atoms with Crippen molar-refractivity contribution in [2.45, 2.75) is 32.0 Å². The average molecular weight is 421 g/mol. The fourth-order valence-electron chi connectivity index (χ4n) is 2.69. The van der Waals surface area contributed by atoms with Gasteiger partial charge in [0.2, 0.25) is 5.91 Å². The largest absolute Gasteiger partial charge is 0.323 e. The van der Waals surface area contributed by atoms with Crippen LogP contribution in [-0.2, 0) is 18.4 Å². The van der Waals surface area contributed by atoms with Gasteiger partial charge in [0, 0.05) is 19.7 Å². The van der Waals surface area contributed by atoms with E-state index >= 15 is 0 Å². The summed E-state index contributed by atoms with van der Waals surface area (Å²) in [5.74, 6) is -1.78. The lowest BCUT2D eigenvalue weighted by atomic mass is 10.1.